The third kappa shape index (κ3) is 2.38. The number of amides is 1. The normalized spacial score (nSPS) is 16.7. The van der Waals surface area contributed by atoms with Gasteiger partial charge in [-0.25, -0.2) is 0 Å². The summed E-state index contributed by atoms with van der Waals surface area (Å²) in [4.78, 5) is 11.9. The van der Waals surface area contributed by atoms with E-state index in [1.54, 1.807) is 13.8 Å². The van der Waals surface area contributed by atoms with E-state index >= 15 is 0 Å². The molecule has 1 aromatic carbocycles. The van der Waals surface area contributed by atoms with E-state index in [0.717, 1.165) is 12.8 Å². The minimum Gasteiger partial charge on any atom is -0.354 e. The summed E-state index contributed by atoms with van der Waals surface area (Å²) in [5.74, 6) is -0.188. The Morgan fingerprint density at radius 1 is 1.39 bits per heavy atom. The van der Waals surface area contributed by atoms with Crippen LogP contribution in [0.4, 0.5) is 0 Å². The Kier molecular flexibility index (Phi) is 3.13. The number of benzene rings is 1. The van der Waals surface area contributed by atoms with Crippen molar-refractivity contribution in [2.45, 2.75) is 32.1 Å². The standard InChI is InChI=1S/C15H18N2O/c1-14(2,10-16)13(18)17-11-15(8-9-15)12-6-4-3-5-7-12/h3-7H,8-9,11H2,1-2H3,(H,17,18). The van der Waals surface area contributed by atoms with Crippen LogP contribution in [0.15, 0.2) is 30.3 Å². The Bertz CT molecular complexity index is 481. The summed E-state index contributed by atoms with van der Waals surface area (Å²) in [5.41, 5.74) is 0.426. The molecule has 1 saturated carbocycles. The van der Waals surface area contributed by atoms with Gasteiger partial charge in [0.15, 0.2) is 0 Å². The smallest absolute Gasteiger partial charge is 0.239 e. The molecule has 0 aliphatic heterocycles. The first-order valence-electron chi connectivity index (χ1n) is 6.25. The summed E-state index contributed by atoms with van der Waals surface area (Å²) in [6.07, 6.45) is 2.20. The molecular weight excluding hydrogens is 224 g/mol. The highest BCUT2D eigenvalue weighted by atomic mass is 16.2. The van der Waals surface area contributed by atoms with E-state index < -0.39 is 5.41 Å². The van der Waals surface area contributed by atoms with Gasteiger partial charge in [0, 0.05) is 12.0 Å². The molecule has 0 saturated heterocycles. The van der Waals surface area contributed by atoms with Crippen LogP contribution in [-0.2, 0) is 10.2 Å². The molecule has 1 amide bonds. The fourth-order valence-corrected chi connectivity index (χ4v) is 2.03. The number of carbonyl (C=O) groups excluding carboxylic acids is 1. The van der Waals surface area contributed by atoms with E-state index in [2.05, 4.69) is 17.4 Å². The summed E-state index contributed by atoms with van der Waals surface area (Å²) in [7, 11) is 0. The summed E-state index contributed by atoms with van der Waals surface area (Å²) >= 11 is 0. The monoisotopic (exact) mass is 242 g/mol. The van der Waals surface area contributed by atoms with E-state index in [4.69, 9.17) is 5.26 Å². The van der Waals surface area contributed by atoms with Gasteiger partial charge < -0.3 is 5.32 Å². The van der Waals surface area contributed by atoms with E-state index in [1.165, 1.54) is 5.56 Å². The van der Waals surface area contributed by atoms with Gasteiger partial charge in [0.2, 0.25) is 5.91 Å². The zero-order chi connectivity index (χ0) is 13.2. The zero-order valence-electron chi connectivity index (χ0n) is 10.9. The van der Waals surface area contributed by atoms with E-state index in [0.29, 0.717) is 6.54 Å². The van der Waals surface area contributed by atoms with Crippen LogP contribution < -0.4 is 5.32 Å². The predicted molar refractivity (Wildman–Crippen MR) is 69.8 cm³/mol. The summed E-state index contributed by atoms with van der Waals surface area (Å²) in [6, 6.07) is 12.3. The maximum atomic E-state index is 11.9. The van der Waals surface area contributed by atoms with Crippen LogP contribution in [0.25, 0.3) is 0 Å². The van der Waals surface area contributed by atoms with Crippen molar-refractivity contribution in [2.75, 3.05) is 6.54 Å². The largest absolute Gasteiger partial charge is 0.354 e. The molecule has 94 valence electrons. The van der Waals surface area contributed by atoms with Crippen LogP contribution >= 0.6 is 0 Å². The highest BCUT2D eigenvalue weighted by molar-refractivity contribution is 5.84. The molecule has 0 heterocycles. The van der Waals surface area contributed by atoms with Crippen LogP contribution in [0, 0.1) is 16.7 Å². The first-order chi connectivity index (χ1) is 8.50. The molecule has 0 bridgehead atoms. The lowest BCUT2D eigenvalue weighted by molar-refractivity contribution is -0.126. The Balaban J connectivity index is 2.00. The second-order valence-electron chi connectivity index (χ2n) is 5.57. The van der Waals surface area contributed by atoms with Crippen molar-refractivity contribution >= 4 is 5.91 Å². The van der Waals surface area contributed by atoms with Gasteiger partial charge in [-0.3, -0.25) is 4.79 Å². The van der Waals surface area contributed by atoms with E-state index in [9.17, 15) is 4.79 Å². The molecular formula is C15H18N2O. The van der Waals surface area contributed by atoms with Gasteiger partial charge in [0.1, 0.15) is 5.41 Å². The highest BCUT2D eigenvalue weighted by Gasteiger charge is 2.44. The Morgan fingerprint density at radius 3 is 2.50 bits per heavy atom. The van der Waals surface area contributed by atoms with Gasteiger partial charge in [0.25, 0.3) is 0 Å². The fourth-order valence-electron chi connectivity index (χ4n) is 2.03. The molecule has 1 aromatic rings. The van der Waals surface area contributed by atoms with E-state index in [-0.39, 0.29) is 11.3 Å². The number of rotatable bonds is 4. The summed E-state index contributed by atoms with van der Waals surface area (Å²) < 4.78 is 0. The van der Waals surface area contributed by atoms with Crippen molar-refractivity contribution < 1.29 is 4.79 Å². The topological polar surface area (TPSA) is 52.9 Å². The van der Waals surface area contributed by atoms with Gasteiger partial charge in [-0.1, -0.05) is 30.3 Å². The lowest BCUT2D eigenvalue weighted by atomic mass is 9.92. The number of nitrogens with one attached hydrogen (secondary N) is 1. The molecule has 0 aromatic heterocycles. The molecule has 3 heteroatoms. The molecule has 1 aliphatic rings. The predicted octanol–water partition coefficient (Wildman–Crippen LogP) is 2.38. The molecule has 1 aliphatic carbocycles. The average Bonchev–Trinajstić information content (AvgIpc) is 3.18. The second-order valence-corrected chi connectivity index (χ2v) is 5.57. The number of hydrogen-bond acceptors (Lipinski definition) is 2. The number of nitriles is 1. The number of carbonyl (C=O) groups is 1. The van der Waals surface area contributed by atoms with Crippen molar-refractivity contribution in [2.24, 2.45) is 5.41 Å². The van der Waals surface area contributed by atoms with Crippen molar-refractivity contribution in [3.8, 4) is 6.07 Å². The lowest BCUT2D eigenvalue weighted by Crippen LogP contribution is -2.40. The summed E-state index contributed by atoms with van der Waals surface area (Å²) in [6.45, 7) is 3.91. The van der Waals surface area contributed by atoms with E-state index in [1.807, 2.05) is 24.3 Å². The van der Waals surface area contributed by atoms with Crippen molar-refractivity contribution in [3.63, 3.8) is 0 Å². The third-order valence-corrected chi connectivity index (χ3v) is 3.67. The fraction of sp³-hybridized carbons (Fsp3) is 0.467. The average molecular weight is 242 g/mol. The van der Waals surface area contributed by atoms with Gasteiger partial charge in [0.05, 0.1) is 6.07 Å². The molecule has 2 rings (SSSR count). The van der Waals surface area contributed by atoms with Gasteiger partial charge in [-0.05, 0) is 32.3 Å². The molecule has 3 nitrogen and oxygen atoms in total. The summed E-state index contributed by atoms with van der Waals surface area (Å²) in [5, 5.41) is 11.8. The zero-order valence-corrected chi connectivity index (χ0v) is 10.9. The first-order valence-corrected chi connectivity index (χ1v) is 6.25. The Labute approximate surface area is 108 Å². The van der Waals surface area contributed by atoms with Crippen LogP contribution in [0.5, 0.6) is 0 Å². The SMILES string of the molecule is CC(C)(C#N)C(=O)NCC1(c2ccccc2)CC1. The number of hydrogen-bond donors (Lipinski definition) is 1. The maximum Gasteiger partial charge on any atom is 0.239 e. The number of nitrogens with zero attached hydrogens (tertiary/aromatic N) is 1. The Morgan fingerprint density at radius 2 is 2.00 bits per heavy atom. The molecule has 0 unspecified atom stereocenters. The molecule has 0 radical (unpaired) electrons. The van der Waals surface area contributed by atoms with Gasteiger partial charge in [-0.2, -0.15) is 5.26 Å². The quantitative estimate of drug-likeness (QED) is 0.881. The molecule has 0 atom stereocenters. The highest BCUT2D eigenvalue weighted by Crippen LogP contribution is 2.47. The van der Waals surface area contributed by atoms with Crippen LogP contribution in [0.3, 0.4) is 0 Å². The van der Waals surface area contributed by atoms with Crippen LogP contribution in [0.2, 0.25) is 0 Å². The van der Waals surface area contributed by atoms with Crippen molar-refractivity contribution in [3.05, 3.63) is 35.9 Å². The molecule has 1 N–H and O–H groups in total. The third-order valence-electron chi connectivity index (χ3n) is 3.67. The minimum atomic E-state index is -0.952. The Hall–Kier alpha value is -1.82. The van der Waals surface area contributed by atoms with Crippen LogP contribution in [0.1, 0.15) is 32.3 Å². The van der Waals surface area contributed by atoms with Gasteiger partial charge >= 0.3 is 0 Å². The van der Waals surface area contributed by atoms with Crippen molar-refractivity contribution in [1.82, 2.24) is 5.32 Å². The first kappa shape index (κ1) is 12.6. The second kappa shape index (κ2) is 4.45. The molecule has 1 fully saturated rings. The maximum absolute atomic E-state index is 11.9. The minimum absolute atomic E-state index is 0.0997. The molecule has 18 heavy (non-hydrogen) atoms. The van der Waals surface area contributed by atoms with Crippen LogP contribution in [-0.4, -0.2) is 12.5 Å². The van der Waals surface area contributed by atoms with Crippen molar-refractivity contribution in [1.29, 1.82) is 5.26 Å². The molecule has 0 spiro atoms. The van der Waals surface area contributed by atoms with Gasteiger partial charge in [-0.15, -0.1) is 0 Å². The lowest BCUT2D eigenvalue weighted by Gasteiger charge is -2.20.